The van der Waals surface area contributed by atoms with Crippen LogP contribution in [0.1, 0.15) is 50.5 Å². The predicted molar refractivity (Wildman–Crippen MR) is 98.6 cm³/mol. The third-order valence-electron chi connectivity index (χ3n) is 5.76. The molecule has 0 bridgehead atoms. The Hall–Kier alpha value is -2.37. The van der Waals surface area contributed by atoms with Crippen molar-refractivity contribution in [2.45, 2.75) is 50.5 Å². The number of hydrogen-bond donors (Lipinski definition) is 1. The normalized spacial score (nSPS) is 20.5. The molecule has 1 N–H and O–H groups in total. The number of carbonyl (C=O) groups excluding carboxylic acids is 3. The van der Waals surface area contributed by atoms with Crippen molar-refractivity contribution >= 4 is 17.8 Å². The van der Waals surface area contributed by atoms with E-state index in [0.29, 0.717) is 19.4 Å². The van der Waals surface area contributed by atoms with Gasteiger partial charge in [0.1, 0.15) is 12.1 Å². The molecule has 0 aromatic heterocycles. The number of urea groups is 1. The number of amides is 4. The Morgan fingerprint density at radius 1 is 1.15 bits per heavy atom. The molecule has 1 saturated carbocycles. The Labute approximate surface area is 154 Å². The molecule has 2 fully saturated rings. The van der Waals surface area contributed by atoms with Crippen LogP contribution >= 0.6 is 0 Å². The summed E-state index contributed by atoms with van der Waals surface area (Å²) in [6.07, 6.45) is 4.36. The van der Waals surface area contributed by atoms with E-state index in [1.54, 1.807) is 11.9 Å². The maximum atomic E-state index is 12.9. The van der Waals surface area contributed by atoms with Crippen LogP contribution in [-0.4, -0.2) is 53.3 Å². The van der Waals surface area contributed by atoms with Crippen LogP contribution in [0.3, 0.4) is 0 Å². The van der Waals surface area contributed by atoms with Gasteiger partial charge < -0.3 is 10.2 Å². The molecule has 1 spiro atoms. The summed E-state index contributed by atoms with van der Waals surface area (Å²) in [5, 5.41) is 2.85. The fraction of sp³-hybridized carbons (Fsp3) is 0.550. The molecule has 3 rings (SSSR count). The molecule has 0 radical (unpaired) electrons. The highest BCUT2D eigenvalue weighted by Crippen LogP contribution is 2.39. The summed E-state index contributed by atoms with van der Waals surface area (Å²) in [5.41, 5.74) is 0.412. The first kappa shape index (κ1) is 18.4. The lowest BCUT2D eigenvalue weighted by Gasteiger charge is -2.35. The maximum absolute atomic E-state index is 12.9. The summed E-state index contributed by atoms with van der Waals surface area (Å²) in [6, 6.07) is 9.57. The number of nitrogens with one attached hydrogen (secondary N) is 1. The summed E-state index contributed by atoms with van der Waals surface area (Å²) >= 11 is 0. The highest BCUT2D eigenvalue weighted by molar-refractivity contribution is 6.08. The van der Waals surface area contributed by atoms with Crippen LogP contribution in [0.15, 0.2) is 30.3 Å². The van der Waals surface area contributed by atoms with Crippen molar-refractivity contribution in [1.82, 2.24) is 15.1 Å². The molecule has 1 aromatic carbocycles. The summed E-state index contributed by atoms with van der Waals surface area (Å²) in [4.78, 5) is 40.4. The SMILES string of the molecule is CC(CNC(=O)CN1C(=O)N(C)C2(CCCCC2)C1=O)c1ccccc1. The van der Waals surface area contributed by atoms with Gasteiger partial charge in [-0.2, -0.15) is 0 Å². The largest absolute Gasteiger partial charge is 0.354 e. The van der Waals surface area contributed by atoms with Gasteiger partial charge in [0.2, 0.25) is 5.91 Å². The summed E-state index contributed by atoms with van der Waals surface area (Å²) in [7, 11) is 1.68. The summed E-state index contributed by atoms with van der Waals surface area (Å²) < 4.78 is 0. The molecule has 1 atom stereocenters. The Morgan fingerprint density at radius 2 is 1.81 bits per heavy atom. The van der Waals surface area contributed by atoms with Crippen LogP contribution in [0.5, 0.6) is 0 Å². The first-order chi connectivity index (χ1) is 12.5. The van der Waals surface area contributed by atoms with Crippen molar-refractivity contribution in [3.05, 3.63) is 35.9 Å². The van der Waals surface area contributed by atoms with Gasteiger partial charge in [-0.25, -0.2) is 4.79 Å². The van der Waals surface area contributed by atoms with Gasteiger partial charge in [-0.15, -0.1) is 0 Å². The first-order valence-electron chi connectivity index (χ1n) is 9.37. The number of hydrogen-bond acceptors (Lipinski definition) is 3. The maximum Gasteiger partial charge on any atom is 0.327 e. The van der Waals surface area contributed by atoms with E-state index < -0.39 is 5.54 Å². The van der Waals surface area contributed by atoms with Crippen molar-refractivity contribution < 1.29 is 14.4 Å². The molecular formula is C20H27N3O3. The molecule has 26 heavy (non-hydrogen) atoms. The van der Waals surface area contributed by atoms with E-state index in [1.807, 2.05) is 37.3 Å². The average Bonchev–Trinajstić information content (AvgIpc) is 2.84. The van der Waals surface area contributed by atoms with Crippen LogP contribution in [0, 0.1) is 0 Å². The number of rotatable bonds is 5. The topological polar surface area (TPSA) is 69.7 Å². The van der Waals surface area contributed by atoms with Gasteiger partial charge in [-0.05, 0) is 24.3 Å². The Morgan fingerprint density at radius 3 is 2.46 bits per heavy atom. The number of imide groups is 1. The molecule has 140 valence electrons. The minimum Gasteiger partial charge on any atom is -0.354 e. The molecular weight excluding hydrogens is 330 g/mol. The Balaban J connectivity index is 1.59. The van der Waals surface area contributed by atoms with Gasteiger partial charge in [0.05, 0.1) is 0 Å². The van der Waals surface area contributed by atoms with Crippen molar-refractivity contribution in [3.8, 4) is 0 Å². The second kappa shape index (κ2) is 7.48. The van der Waals surface area contributed by atoms with Gasteiger partial charge in [-0.1, -0.05) is 56.5 Å². The van der Waals surface area contributed by atoms with Crippen molar-refractivity contribution in [2.24, 2.45) is 0 Å². The van der Waals surface area contributed by atoms with Crippen LogP contribution in [0.25, 0.3) is 0 Å². The fourth-order valence-corrected chi connectivity index (χ4v) is 4.04. The standard InChI is InChI=1S/C20H27N3O3/c1-15(16-9-5-3-6-10-16)13-21-17(24)14-23-18(25)20(22(2)19(23)26)11-7-4-8-12-20/h3,5-6,9-10,15H,4,7-8,11-14H2,1-2H3,(H,21,24). The zero-order valence-electron chi connectivity index (χ0n) is 15.5. The van der Waals surface area contributed by atoms with E-state index in [4.69, 9.17) is 0 Å². The first-order valence-corrected chi connectivity index (χ1v) is 9.37. The fourth-order valence-electron chi connectivity index (χ4n) is 4.04. The van der Waals surface area contributed by atoms with E-state index in [9.17, 15) is 14.4 Å². The van der Waals surface area contributed by atoms with Gasteiger partial charge in [-0.3, -0.25) is 14.5 Å². The summed E-state index contributed by atoms with van der Waals surface area (Å²) in [5.74, 6) is -0.343. The second-order valence-corrected chi connectivity index (χ2v) is 7.44. The molecule has 1 aliphatic carbocycles. The monoisotopic (exact) mass is 357 g/mol. The molecule has 2 aliphatic rings. The number of likely N-dealkylation sites (N-methyl/N-ethyl adjacent to an activating group) is 1. The molecule has 1 aromatic rings. The molecule has 1 aliphatic heterocycles. The Bertz CT molecular complexity index is 683. The molecule has 1 saturated heterocycles. The number of nitrogens with zero attached hydrogens (tertiary/aromatic N) is 2. The van der Waals surface area contributed by atoms with E-state index in [0.717, 1.165) is 29.7 Å². The smallest absolute Gasteiger partial charge is 0.327 e. The molecule has 6 heteroatoms. The van der Waals surface area contributed by atoms with E-state index in [1.165, 1.54) is 0 Å². The van der Waals surface area contributed by atoms with Gasteiger partial charge in [0, 0.05) is 13.6 Å². The molecule has 1 heterocycles. The van der Waals surface area contributed by atoms with Gasteiger partial charge in [0.25, 0.3) is 5.91 Å². The van der Waals surface area contributed by atoms with E-state index in [2.05, 4.69) is 5.32 Å². The van der Waals surface area contributed by atoms with Crippen LogP contribution in [-0.2, 0) is 9.59 Å². The second-order valence-electron chi connectivity index (χ2n) is 7.44. The third-order valence-corrected chi connectivity index (χ3v) is 5.76. The van der Waals surface area contributed by atoms with Crippen LogP contribution < -0.4 is 5.32 Å². The van der Waals surface area contributed by atoms with Crippen molar-refractivity contribution in [1.29, 1.82) is 0 Å². The van der Waals surface area contributed by atoms with Crippen LogP contribution in [0.4, 0.5) is 4.79 Å². The minimum atomic E-state index is -0.729. The molecule has 6 nitrogen and oxygen atoms in total. The third kappa shape index (κ3) is 3.32. The zero-order chi connectivity index (χ0) is 18.7. The van der Waals surface area contributed by atoms with Crippen LogP contribution in [0.2, 0.25) is 0 Å². The lowest BCUT2D eigenvalue weighted by Crippen LogP contribution is -2.49. The van der Waals surface area contributed by atoms with Crippen molar-refractivity contribution in [3.63, 3.8) is 0 Å². The minimum absolute atomic E-state index is 0.164. The van der Waals surface area contributed by atoms with E-state index >= 15 is 0 Å². The van der Waals surface area contributed by atoms with Crippen molar-refractivity contribution in [2.75, 3.05) is 20.1 Å². The Kier molecular flexibility index (Phi) is 5.30. The lowest BCUT2D eigenvalue weighted by molar-refractivity contribution is -0.137. The number of carbonyl (C=O) groups is 3. The van der Waals surface area contributed by atoms with Gasteiger partial charge in [0.15, 0.2) is 0 Å². The average molecular weight is 357 g/mol. The quantitative estimate of drug-likeness (QED) is 0.823. The van der Waals surface area contributed by atoms with E-state index in [-0.39, 0.29) is 30.3 Å². The predicted octanol–water partition coefficient (Wildman–Crippen LogP) is 2.50. The zero-order valence-corrected chi connectivity index (χ0v) is 15.5. The highest BCUT2D eigenvalue weighted by atomic mass is 16.2. The van der Waals surface area contributed by atoms with Gasteiger partial charge >= 0.3 is 6.03 Å². The molecule has 1 unspecified atom stereocenters. The summed E-state index contributed by atoms with van der Waals surface area (Å²) in [6.45, 7) is 2.30. The highest BCUT2D eigenvalue weighted by Gasteiger charge is 2.55. The lowest BCUT2D eigenvalue weighted by atomic mass is 9.81. The molecule has 4 amide bonds. The number of benzene rings is 1.